The zero-order valence-corrected chi connectivity index (χ0v) is 13.2. The molecule has 0 spiro atoms. The van der Waals surface area contributed by atoms with E-state index in [1.165, 1.54) is 0 Å². The van der Waals surface area contributed by atoms with E-state index in [2.05, 4.69) is 10.3 Å². The Morgan fingerprint density at radius 2 is 2.22 bits per heavy atom. The summed E-state index contributed by atoms with van der Waals surface area (Å²) in [6.07, 6.45) is 5.40. The van der Waals surface area contributed by atoms with Gasteiger partial charge in [-0.05, 0) is 44.4 Å². The quantitative estimate of drug-likeness (QED) is 0.730. The van der Waals surface area contributed by atoms with Gasteiger partial charge < -0.3 is 9.42 Å². The van der Waals surface area contributed by atoms with Gasteiger partial charge in [0.1, 0.15) is 0 Å². The number of pyridine rings is 1. The molecule has 1 aliphatic rings. The Labute approximate surface area is 133 Å². The molecule has 6 nitrogen and oxygen atoms in total. The number of hydrogen-bond acceptors (Lipinski definition) is 4. The highest BCUT2D eigenvalue weighted by molar-refractivity contribution is 6.01. The fourth-order valence-corrected chi connectivity index (χ4v) is 3.25. The third kappa shape index (κ3) is 2.30. The molecule has 0 N–H and O–H groups in total. The van der Waals surface area contributed by atoms with Gasteiger partial charge in [0, 0.05) is 18.8 Å². The van der Waals surface area contributed by atoms with Crippen LogP contribution in [0.5, 0.6) is 0 Å². The maximum absolute atomic E-state index is 13.0. The van der Waals surface area contributed by atoms with Gasteiger partial charge in [0.15, 0.2) is 5.76 Å². The van der Waals surface area contributed by atoms with E-state index < -0.39 is 0 Å². The number of carbonyl (C=O) groups is 1. The second-order valence-electron chi connectivity index (χ2n) is 6.12. The monoisotopic (exact) mass is 310 g/mol. The van der Waals surface area contributed by atoms with Gasteiger partial charge in [0.05, 0.1) is 29.0 Å². The van der Waals surface area contributed by atoms with Crippen LogP contribution in [-0.4, -0.2) is 32.1 Å². The average Bonchev–Trinajstić information content (AvgIpc) is 3.24. The lowest BCUT2D eigenvalue weighted by Gasteiger charge is -2.22. The van der Waals surface area contributed by atoms with Gasteiger partial charge in [0.25, 0.3) is 5.91 Å². The molecular formula is C17H18N4O2. The molecule has 1 saturated heterocycles. The first-order valence-corrected chi connectivity index (χ1v) is 7.81. The number of aromatic nitrogens is 3. The van der Waals surface area contributed by atoms with E-state index in [0.29, 0.717) is 5.56 Å². The Balaban J connectivity index is 1.71. The Morgan fingerprint density at radius 3 is 3.00 bits per heavy atom. The molecule has 0 radical (unpaired) electrons. The molecule has 0 saturated carbocycles. The molecule has 0 bridgehead atoms. The summed E-state index contributed by atoms with van der Waals surface area (Å²) in [5, 5.41) is 8.24. The lowest BCUT2D eigenvalue weighted by Crippen LogP contribution is -2.30. The topological polar surface area (TPSA) is 63.6 Å². The molecule has 1 aliphatic heterocycles. The Kier molecular flexibility index (Phi) is 3.18. The summed E-state index contributed by atoms with van der Waals surface area (Å²) < 4.78 is 7.13. The van der Waals surface area contributed by atoms with Crippen LogP contribution >= 0.6 is 0 Å². The van der Waals surface area contributed by atoms with Gasteiger partial charge in [-0.1, -0.05) is 5.16 Å². The molecule has 0 aliphatic carbocycles. The Morgan fingerprint density at radius 1 is 1.35 bits per heavy atom. The van der Waals surface area contributed by atoms with E-state index in [9.17, 15) is 4.79 Å². The normalized spacial score (nSPS) is 18.0. The van der Waals surface area contributed by atoms with Crippen LogP contribution in [0.3, 0.4) is 0 Å². The minimum absolute atomic E-state index is 0.00199. The molecule has 1 fully saturated rings. The van der Waals surface area contributed by atoms with Crippen molar-refractivity contribution in [2.75, 3.05) is 6.54 Å². The number of nitrogens with zero attached hydrogens (tertiary/aromatic N) is 4. The number of aryl methyl sites for hydroxylation is 2. The third-order valence-electron chi connectivity index (χ3n) is 4.40. The van der Waals surface area contributed by atoms with Gasteiger partial charge in [-0.3, -0.25) is 4.79 Å². The SMILES string of the molecule is Cc1ccn2ncc(C(=O)N3CCCC3c3cc(C)no3)c2c1. The maximum atomic E-state index is 13.0. The van der Waals surface area contributed by atoms with Crippen LogP contribution in [0.2, 0.25) is 0 Å². The number of hydrogen-bond donors (Lipinski definition) is 0. The van der Waals surface area contributed by atoms with Gasteiger partial charge in [0.2, 0.25) is 0 Å². The van der Waals surface area contributed by atoms with E-state index in [4.69, 9.17) is 4.52 Å². The highest BCUT2D eigenvalue weighted by atomic mass is 16.5. The van der Waals surface area contributed by atoms with Crippen molar-refractivity contribution in [2.24, 2.45) is 0 Å². The van der Waals surface area contributed by atoms with Crippen molar-refractivity contribution in [3.05, 3.63) is 53.2 Å². The predicted molar refractivity (Wildman–Crippen MR) is 84.2 cm³/mol. The van der Waals surface area contributed by atoms with Crippen LogP contribution < -0.4 is 0 Å². The lowest BCUT2D eigenvalue weighted by atomic mass is 10.1. The van der Waals surface area contributed by atoms with Gasteiger partial charge >= 0.3 is 0 Å². The Bertz CT molecular complexity index is 880. The van der Waals surface area contributed by atoms with Gasteiger partial charge in [-0.15, -0.1) is 0 Å². The zero-order valence-electron chi connectivity index (χ0n) is 13.2. The molecule has 0 aromatic carbocycles. The molecule has 3 aromatic rings. The first kappa shape index (κ1) is 14.0. The zero-order chi connectivity index (χ0) is 16.0. The van der Waals surface area contributed by atoms with Crippen molar-refractivity contribution in [3.8, 4) is 0 Å². The molecule has 6 heteroatoms. The third-order valence-corrected chi connectivity index (χ3v) is 4.40. The second-order valence-corrected chi connectivity index (χ2v) is 6.12. The van der Waals surface area contributed by atoms with E-state index >= 15 is 0 Å². The van der Waals surface area contributed by atoms with E-state index in [0.717, 1.165) is 41.9 Å². The van der Waals surface area contributed by atoms with Crippen molar-refractivity contribution < 1.29 is 9.32 Å². The van der Waals surface area contributed by atoms with Crippen molar-refractivity contribution in [2.45, 2.75) is 32.7 Å². The summed E-state index contributed by atoms with van der Waals surface area (Å²) in [4.78, 5) is 14.9. The predicted octanol–water partition coefficient (Wildman–Crippen LogP) is 2.92. The van der Waals surface area contributed by atoms with Gasteiger partial charge in [-0.25, -0.2) is 4.52 Å². The van der Waals surface area contributed by atoms with Crippen molar-refractivity contribution in [1.29, 1.82) is 0 Å². The van der Waals surface area contributed by atoms with Crippen molar-refractivity contribution in [1.82, 2.24) is 19.7 Å². The molecule has 23 heavy (non-hydrogen) atoms. The molecule has 1 unspecified atom stereocenters. The number of fused-ring (bicyclic) bond motifs is 1. The molecule has 1 atom stereocenters. The number of carbonyl (C=O) groups excluding carboxylic acids is 1. The van der Waals surface area contributed by atoms with Crippen LogP contribution in [0.25, 0.3) is 5.52 Å². The average molecular weight is 310 g/mol. The minimum atomic E-state index is -0.0385. The number of amides is 1. The highest BCUT2D eigenvalue weighted by Crippen LogP contribution is 2.34. The number of likely N-dealkylation sites (tertiary alicyclic amines) is 1. The van der Waals surface area contributed by atoms with Crippen LogP contribution in [0.1, 0.15) is 46.3 Å². The first-order chi connectivity index (χ1) is 11.1. The van der Waals surface area contributed by atoms with Crippen molar-refractivity contribution in [3.63, 3.8) is 0 Å². The van der Waals surface area contributed by atoms with E-state index in [1.807, 2.05) is 43.1 Å². The highest BCUT2D eigenvalue weighted by Gasteiger charge is 2.34. The van der Waals surface area contributed by atoms with Crippen LogP contribution in [0.15, 0.2) is 35.1 Å². The fourth-order valence-electron chi connectivity index (χ4n) is 3.25. The summed E-state index contributed by atoms with van der Waals surface area (Å²) in [6, 6.07) is 5.84. The minimum Gasteiger partial charge on any atom is -0.359 e. The summed E-state index contributed by atoms with van der Waals surface area (Å²) in [7, 11) is 0. The summed E-state index contributed by atoms with van der Waals surface area (Å²) in [5.74, 6) is 0.767. The van der Waals surface area contributed by atoms with Gasteiger partial charge in [-0.2, -0.15) is 5.10 Å². The standard InChI is InChI=1S/C17H18N4O2/c1-11-5-7-21-15(8-11)13(10-18-21)17(22)20-6-3-4-14(20)16-9-12(2)19-23-16/h5,7-10,14H,3-4,6H2,1-2H3. The Hall–Kier alpha value is -2.63. The second kappa shape index (κ2) is 5.22. The molecule has 4 rings (SSSR count). The van der Waals surface area contributed by atoms with E-state index in [-0.39, 0.29) is 11.9 Å². The van der Waals surface area contributed by atoms with Crippen LogP contribution in [0.4, 0.5) is 0 Å². The summed E-state index contributed by atoms with van der Waals surface area (Å²) >= 11 is 0. The lowest BCUT2D eigenvalue weighted by molar-refractivity contribution is 0.0716. The molecule has 3 aromatic heterocycles. The van der Waals surface area contributed by atoms with E-state index in [1.54, 1.807) is 10.7 Å². The molecular weight excluding hydrogens is 292 g/mol. The number of rotatable bonds is 2. The largest absolute Gasteiger partial charge is 0.359 e. The van der Waals surface area contributed by atoms with Crippen molar-refractivity contribution >= 4 is 11.4 Å². The smallest absolute Gasteiger partial charge is 0.258 e. The fraction of sp³-hybridized carbons (Fsp3) is 0.353. The van der Waals surface area contributed by atoms with Crippen LogP contribution in [-0.2, 0) is 0 Å². The maximum Gasteiger partial charge on any atom is 0.258 e. The van der Waals surface area contributed by atoms with Crippen LogP contribution in [0, 0.1) is 13.8 Å². The molecule has 118 valence electrons. The molecule has 1 amide bonds. The summed E-state index contributed by atoms with van der Waals surface area (Å²) in [6.45, 7) is 4.63. The summed E-state index contributed by atoms with van der Waals surface area (Å²) in [5.41, 5.74) is 3.42. The molecule has 4 heterocycles. The first-order valence-electron chi connectivity index (χ1n) is 7.81.